The molecule has 0 saturated heterocycles. The van der Waals surface area contributed by atoms with Crippen molar-refractivity contribution in [2.24, 2.45) is 5.92 Å². The molecule has 5 nitrogen and oxygen atoms in total. The highest BCUT2D eigenvalue weighted by Gasteiger charge is 2.57. The highest BCUT2D eigenvalue weighted by atomic mass is 35.5. The van der Waals surface area contributed by atoms with E-state index in [0.29, 0.717) is 30.5 Å². The van der Waals surface area contributed by atoms with Crippen LogP contribution in [-0.4, -0.2) is 27.4 Å². The maximum Gasteiger partial charge on any atom is 0.306 e. The molecule has 30 heavy (non-hydrogen) atoms. The minimum absolute atomic E-state index is 0.0115. The van der Waals surface area contributed by atoms with Crippen LogP contribution in [0.4, 0.5) is 4.39 Å². The minimum Gasteiger partial charge on any atom is -0.507 e. The number of fused-ring (bicyclic) bond motifs is 4. The first-order chi connectivity index (χ1) is 14.1. The Kier molecular flexibility index (Phi) is 4.02. The van der Waals surface area contributed by atoms with Crippen LogP contribution < -0.4 is 0 Å². The number of carboxylic acid groups (broad SMARTS) is 1. The smallest absolute Gasteiger partial charge is 0.306 e. The van der Waals surface area contributed by atoms with Crippen molar-refractivity contribution in [2.75, 3.05) is 6.61 Å². The topological polar surface area (TPSA) is 71.7 Å². The maximum absolute atomic E-state index is 13.9. The Morgan fingerprint density at radius 2 is 2.00 bits per heavy atom. The number of aromatic nitrogens is 1. The number of hydrogen-bond acceptors (Lipinski definition) is 3. The lowest BCUT2D eigenvalue weighted by Gasteiger charge is -2.51. The lowest BCUT2D eigenvalue weighted by Crippen LogP contribution is -2.52. The van der Waals surface area contributed by atoms with Gasteiger partial charge in [-0.25, -0.2) is 4.39 Å². The highest BCUT2D eigenvalue weighted by molar-refractivity contribution is 6.30. The summed E-state index contributed by atoms with van der Waals surface area (Å²) in [6.07, 6.45) is 0.700. The Labute approximate surface area is 177 Å². The van der Waals surface area contributed by atoms with Crippen LogP contribution in [-0.2, 0) is 20.5 Å². The fourth-order valence-corrected chi connectivity index (χ4v) is 5.17. The number of phenols is 1. The number of halogens is 2. The maximum atomic E-state index is 13.9. The fourth-order valence-electron chi connectivity index (χ4n) is 4.99. The summed E-state index contributed by atoms with van der Waals surface area (Å²) < 4.78 is 22.2. The van der Waals surface area contributed by atoms with E-state index in [0.717, 1.165) is 16.8 Å². The van der Waals surface area contributed by atoms with Crippen molar-refractivity contribution in [3.05, 3.63) is 58.5 Å². The molecule has 1 aliphatic heterocycles. The number of aliphatic carboxylic acids is 1. The van der Waals surface area contributed by atoms with Crippen molar-refractivity contribution < 1.29 is 24.1 Å². The summed E-state index contributed by atoms with van der Waals surface area (Å²) in [4.78, 5) is 11.5. The van der Waals surface area contributed by atoms with Gasteiger partial charge in [0.25, 0.3) is 0 Å². The molecule has 0 radical (unpaired) electrons. The number of carboxylic acids is 1. The summed E-state index contributed by atoms with van der Waals surface area (Å²) >= 11 is 6.09. The Morgan fingerprint density at radius 1 is 1.27 bits per heavy atom. The van der Waals surface area contributed by atoms with Gasteiger partial charge in [0.15, 0.2) is 0 Å². The van der Waals surface area contributed by atoms with Gasteiger partial charge in [0.2, 0.25) is 0 Å². The standard InChI is InChI=1S/C23H21ClFNO4/c1-22(2)11-30-23(9-12(10-23)21(28)29)19-18-16(4-3-5-17(18)27)26(20(19)22)13-6-7-15(25)14(24)8-13/h3-8,12,27H,9-11H2,1-2H3,(H,28,29)/t12-,23+. The van der Waals surface area contributed by atoms with Gasteiger partial charge in [0, 0.05) is 27.7 Å². The van der Waals surface area contributed by atoms with Gasteiger partial charge in [-0.3, -0.25) is 4.79 Å². The van der Waals surface area contributed by atoms with Gasteiger partial charge in [-0.05, 0) is 43.2 Å². The first-order valence-corrected chi connectivity index (χ1v) is 10.2. The number of carbonyl (C=O) groups is 1. The van der Waals surface area contributed by atoms with Crippen molar-refractivity contribution in [3.63, 3.8) is 0 Å². The number of aromatic hydroxyl groups is 1. The molecule has 1 saturated carbocycles. The van der Waals surface area contributed by atoms with Gasteiger partial charge in [-0.15, -0.1) is 0 Å². The summed E-state index contributed by atoms with van der Waals surface area (Å²) in [6.45, 7) is 4.49. The number of benzene rings is 2. The monoisotopic (exact) mass is 429 g/mol. The quantitative estimate of drug-likeness (QED) is 0.592. The van der Waals surface area contributed by atoms with E-state index in [1.54, 1.807) is 24.3 Å². The average molecular weight is 430 g/mol. The third kappa shape index (κ3) is 2.53. The van der Waals surface area contributed by atoms with E-state index in [9.17, 15) is 19.4 Å². The van der Waals surface area contributed by atoms with Crippen LogP contribution in [0.5, 0.6) is 5.75 Å². The summed E-state index contributed by atoms with van der Waals surface area (Å²) in [5, 5.41) is 20.9. The summed E-state index contributed by atoms with van der Waals surface area (Å²) in [5.41, 5.74) is 1.99. The van der Waals surface area contributed by atoms with Crippen LogP contribution in [0, 0.1) is 11.7 Å². The van der Waals surface area contributed by atoms with Crippen molar-refractivity contribution in [1.29, 1.82) is 0 Å². The molecule has 156 valence electrons. The van der Waals surface area contributed by atoms with Crippen LogP contribution in [0.2, 0.25) is 5.02 Å². The molecule has 1 fully saturated rings. The van der Waals surface area contributed by atoms with Crippen LogP contribution in [0.15, 0.2) is 36.4 Å². The van der Waals surface area contributed by atoms with E-state index in [2.05, 4.69) is 0 Å². The first-order valence-electron chi connectivity index (χ1n) is 9.84. The molecule has 2 aliphatic rings. The first kappa shape index (κ1) is 19.4. The molecule has 0 amide bonds. The number of hydrogen-bond donors (Lipinski definition) is 2. The molecule has 1 aliphatic carbocycles. The number of rotatable bonds is 2. The van der Waals surface area contributed by atoms with Crippen molar-refractivity contribution in [2.45, 2.75) is 37.7 Å². The molecule has 0 atom stereocenters. The molecule has 5 rings (SSSR count). The number of ether oxygens (including phenoxy) is 1. The van der Waals surface area contributed by atoms with E-state index in [4.69, 9.17) is 16.3 Å². The average Bonchev–Trinajstić information content (AvgIpc) is 3.01. The lowest BCUT2D eigenvalue weighted by atomic mass is 9.63. The second kappa shape index (κ2) is 6.22. The molecular formula is C23H21ClFNO4. The van der Waals surface area contributed by atoms with E-state index in [-0.39, 0.29) is 10.8 Å². The predicted octanol–water partition coefficient (Wildman–Crippen LogP) is 5.13. The van der Waals surface area contributed by atoms with E-state index < -0.39 is 28.7 Å². The van der Waals surface area contributed by atoms with Crippen molar-refractivity contribution in [3.8, 4) is 11.4 Å². The molecule has 7 heteroatoms. The lowest BCUT2D eigenvalue weighted by molar-refractivity contribution is -0.180. The largest absolute Gasteiger partial charge is 0.507 e. The third-order valence-electron chi connectivity index (χ3n) is 6.44. The zero-order valence-electron chi connectivity index (χ0n) is 16.6. The zero-order valence-corrected chi connectivity index (χ0v) is 17.3. The molecule has 0 bridgehead atoms. The second-order valence-corrected chi connectivity index (χ2v) is 9.35. The van der Waals surface area contributed by atoms with Crippen molar-refractivity contribution in [1.82, 2.24) is 4.57 Å². The van der Waals surface area contributed by atoms with Crippen LogP contribution >= 0.6 is 11.6 Å². The summed E-state index contributed by atoms with van der Waals surface area (Å²) in [6, 6.07) is 9.81. The van der Waals surface area contributed by atoms with Crippen molar-refractivity contribution >= 4 is 28.5 Å². The van der Waals surface area contributed by atoms with Crippen LogP contribution in [0.3, 0.4) is 0 Å². The molecule has 2 aromatic carbocycles. The molecule has 3 aromatic rings. The second-order valence-electron chi connectivity index (χ2n) is 8.94. The minimum atomic E-state index is -0.839. The Hall–Kier alpha value is -2.57. The number of phenolic OH excluding ortho intramolecular Hbond substituents is 1. The molecular weight excluding hydrogens is 409 g/mol. The molecule has 2 N–H and O–H groups in total. The van der Waals surface area contributed by atoms with Crippen LogP contribution in [0.25, 0.3) is 16.6 Å². The highest BCUT2D eigenvalue weighted by Crippen LogP contribution is 2.58. The SMILES string of the molecule is CC1(C)CO[C@]2(C[C@@H](C(=O)O)C2)c2c1n(-c1ccc(F)c(Cl)c1)c1cccc(O)c12. The van der Waals surface area contributed by atoms with Gasteiger partial charge < -0.3 is 19.5 Å². The predicted molar refractivity (Wildman–Crippen MR) is 111 cm³/mol. The van der Waals surface area contributed by atoms with E-state index in [1.807, 2.05) is 24.5 Å². The van der Waals surface area contributed by atoms with E-state index in [1.165, 1.54) is 6.07 Å². The third-order valence-corrected chi connectivity index (χ3v) is 6.73. The van der Waals surface area contributed by atoms with E-state index >= 15 is 0 Å². The number of nitrogens with zero attached hydrogens (tertiary/aromatic N) is 1. The van der Waals surface area contributed by atoms with Gasteiger partial charge in [-0.2, -0.15) is 0 Å². The zero-order chi connectivity index (χ0) is 21.4. The van der Waals surface area contributed by atoms with Gasteiger partial charge >= 0.3 is 5.97 Å². The van der Waals surface area contributed by atoms with Gasteiger partial charge in [-0.1, -0.05) is 31.5 Å². The van der Waals surface area contributed by atoms with Crippen LogP contribution in [0.1, 0.15) is 37.9 Å². The summed E-state index contributed by atoms with van der Waals surface area (Å²) in [7, 11) is 0. The Balaban J connectivity index is 1.86. The summed E-state index contributed by atoms with van der Waals surface area (Å²) in [5.74, 6) is -1.72. The normalized spacial score (nSPS) is 24.6. The molecule has 2 heterocycles. The van der Waals surface area contributed by atoms with Gasteiger partial charge in [0.1, 0.15) is 11.6 Å². The molecule has 0 unspecified atom stereocenters. The fraction of sp³-hybridized carbons (Fsp3) is 0.348. The van der Waals surface area contributed by atoms with Gasteiger partial charge in [0.05, 0.1) is 28.7 Å². The Morgan fingerprint density at radius 3 is 2.67 bits per heavy atom. The molecule has 1 spiro atoms. The molecule has 1 aromatic heterocycles. The Bertz CT molecular complexity index is 1210.